The fraction of sp³-hybridized carbons (Fsp3) is 0.450. The number of allylic oxidation sites excluding steroid dienone is 1. The zero-order valence-electron chi connectivity index (χ0n) is 15.0. The molecule has 0 bridgehead atoms. The number of pyridine rings is 1. The van der Waals surface area contributed by atoms with Crippen molar-refractivity contribution >= 4 is 17.2 Å². The number of fused-ring (bicyclic) bond motifs is 1. The largest absolute Gasteiger partial charge is 0.487 e. The Hall–Kier alpha value is -1.78. The molecule has 134 valence electrons. The maximum absolute atomic E-state index is 10.7. The lowest BCUT2D eigenvalue weighted by molar-refractivity contribution is 0.0834. The number of aliphatic hydroxyl groups is 1. The Labute approximate surface area is 153 Å². The molecule has 0 aliphatic heterocycles. The van der Waals surface area contributed by atoms with E-state index in [1.807, 2.05) is 39.8 Å². The van der Waals surface area contributed by atoms with Gasteiger partial charge in [0, 0.05) is 18.2 Å². The van der Waals surface area contributed by atoms with Crippen molar-refractivity contribution in [2.45, 2.75) is 58.8 Å². The van der Waals surface area contributed by atoms with Gasteiger partial charge in [0.15, 0.2) is 11.5 Å². The standard InChI is InChI=1S/C20H24ClNO3/c1-11(2)24-17-7-6-14-15(13-5-8-18(21)22-10-13)9-16(23)19(14)20(17)25-12(3)4/h5,7-8,10-12,16,23H,6,9H2,1-4H3. The Balaban J connectivity index is 2.07. The van der Waals surface area contributed by atoms with Gasteiger partial charge in [0.25, 0.3) is 0 Å². The average molecular weight is 362 g/mol. The molecule has 5 heteroatoms. The van der Waals surface area contributed by atoms with Crippen LogP contribution in [0.5, 0.6) is 0 Å². The van der Waals surface area contributed by atoms with Crippen molar-refractivity contribution in [3.05, 3.63) is 57.8 Å². The zero-order chi connectivity index (χ0) is 18.1. The van der Waals surface area contributed by atoms with E-state index in [9.17, 15) is 5.11 Å². The Bertz CT molecular complexity index is 745. The lowest BCUT2D eigenvalue weighted by Gasteiger charge is -2.26. The van der Waals surface area contributed by atoms with E-state index in [1.165, 1.54) is 0 Å². The molecule has 4 nitrogen and oxygen atoms in total. The maximum Gasteiger partial charge on any atom is 0.167 e. The van der Waals surface area contributed by atoms with E-state index in [0.29, 0.717) is 23.8 Å². The molecular weight excluding hydrogens is 338 g/mol. The molecule has 0 aromatic carbocycles. The van der Waals surface area contributed by atoms with Crippen LogP contribution in [0.15, 0.2) is 47.1 Å². The van der Waals surface area contributed by atoms with E-state index in [2.05, 4.69) is 4.98 Å². The molecule has 1 N–H and O–H groups in total. The van der Waals surface area contributed by atoms with Crippen molar-refractivity contribution in [1.29, 1.82) is 0 Å². The normalized spacial score (nSPS) is 20.3. The number of halogens is 1. The van der Waals surface area contributed by atoms with Gasteiger partial charge in [-0.05, 0) is 63.0 Å². The molecule has 0 radical (unpaired) electrons. The molecule has 0 spiro atoms. The van der Waals surface area contributed by atoms with E-state index in [-0.39, 0.29) is 12.2 Å². The van der Waals surface area contributed by atoms with Gasteiger partial charge in [-0.25, -0.2) is 4.98 Å². The van der Waals surface area contributed by atoms with Crippen LogP contribution in [0.3, 0.4) is 0 Å². The van der Waals surface area contributed by atoms with E-state index in [1.54, 1.807) is 12.3 Å². The number of aliphatic hydroxyl groups excluding tert-OH is 1. The Kier molecular flexibility index (Phi) is 5.21. The number of aromatic nitrogens is 1. The Morgan fingerprint density at radius 2 is 1.84 bits per heavy atom. The third-order valence-corrected chi connectivity index (χ3v) is 4.40. The van der Waals surface area contributed by atoms with Crippen molar-refractivity contribution in [3.63, 3.8) is 0 Å². The SMILES string of the molecule is CC(C)OC1=CCC2=C(c3ccc(Cl)nc3)CC(O)C2=C1OC(C)C. The highest BCUT2D eigenvalue weighted by atomic mass is 35.5. The summed E-state index contributed by atoms with van der Waals surface area (Å²) in [5.74, 6) is 1.38. The predicted molar refractivity (Wildman–Crippen MR) is 99.0 cm³/mol. The molecule has 0 amide bonds. The van der Waals surface area contributed by atoms with Crippen LogP contribution in [-0.2, 0) is 9.47 Å². The Morgan fingerprint density at radius 3 is 2.44 bits per heavy atom. The second kappa shape index (κ2) is 7.22. The van der Waals surface area contributed by atoms with Gasteiger partial charge in [-0.2, -0.15) is 0 Å². The average Bonchev–Trinajstić information content (AvgIpc) is 2.87. The Morgan fingerprint density at radius 1 is 1.12 bits per heavy atom. The summed E-state index contributed by atoms with van der Waals surface area (Å²) >= 11 is 5.90. The summed E-state index contributed by atoms with van der Waals surface area (Å²) in [6.07, 6.45) is 4.48. The minimum Gasteiger partial charge on any atom is -0.487 e. The first kappa shape index (κ1) is 18.0. The van der Waals surface area contributed by atoms with Crippen LogP contribution in [0.25, 0.3) is 5.57 Å². The molecule has 1 heterocycles. The van der Waals surface area contributed by atoms with E-state index < -0.39 is 6.10 Å². The number of rotatable bonds is 5. The molecular formula is C20H24ClNO3. The van der Waals surface area contributed by atoms with Gasteiger partial charge in [0.2, 0.25) is 0 Å². The lowest BCUT2D eigenvalue weighted by atomic mass is 9.94. The van der Waals surface area contributed by atoms with E-state index in [4.69, 9.17) is 21.1 Å². The fourth-order valence-corrected chi connectivity index (χ4v) is 3.40. The van der Waals surface area contributed by atoms with Crippen LogP contribution in [0.1, 0.15) is 46.1 Å². The maximum atomic E-state index is 10.7. The summed E-state index contributed by atoms with van der Waals surface area (Å²) in [6.45, 7) is 7.92. The smallest absolute Gasteiger partial charge is 0.167 e. The minimum atomic E-state index is -0.603. The molecule has 0 saturated heterocycles. The van der Waals surface area contributed by atoms with Crippen molar-refractivity contribution in [2.75, 3.05) is 0 Å². The van der Waals surface area contributed by atoms with Crippen LogP contribution in [0.4, 0.5) is 0 Å². The molecule has 2 aliphatic rings. The topological polar surface area (TPSA) is 51.6 Å². The molecule has 25 heavy (non-hydrogen) atoms. The quantitative estimate of drug-likeness (QED) is 0.776. The molecule has 2 aliphatic carbocycles. The van der Waals surface area contributed by atoms with Crippen LogP contribution < -0.4 is 0 Å². The monoisotopic (exact) mass is 361 g/mol. The molecule has 1 unspecified atom stereocenters. The molecule has 3 rings (SSSR count). The second-order valence-corrected chi connectivity index (χ2v) is 7.28. The second-order valence-electron chi connectivity index (χ2n) is 6.90. The lowest BCUT2D eigenvalue weighted by Crippen LogP contribution is -2.19. The number of nitrogens with zero attached hydrogens (tertiary/aromatic N) is 1. The summed E-state index contributed by atoms with van der Waals surface area (Å²) in [5.41, 5.74) is 4.02. The summed E-state index contributed by atoms with van der Waals surface area (Å²) in [4.78, 5) is 4.17. The van der Waals surface area contributed by atoms with Gasteiger partial charge in [-0.15, -0.1) is 0 Å². The van der Waals surface area contributed by atoms with Crippen molar-refractivity contribution in [2.24, 2.45) is 0 Å². The number of hydrogen-bond acceptors (Lipinski definition) is 4. The van der Waals surface area contributed by atoms with Crippen molar-refractivity contribution in [1.82, 2.24) is 4.98 Å². The number of ether oxygens (including phenoxy) is 2. The molecule has 0 saturated carbocycles. The zero-order valence-corrected chi connectivity index (χ0v) is 15.8. The third kappa shape index (κ3) is 3.75. The van der Waals surface area contributed by atoms with Crippen LogP contribution in [-0.4, -0.2) is 28.4 Å². The molecule has 0 fully saturated rings. The summed E-state index contributed by atoms with van der Waals surface area (Å²) in [6, 6.07) is 3.72. The van der Waals surface area contributed by atoms with Crippen molar-refractivity contribution in [3.8, 4) is 0 Å². The molecule has 1 aromatic rings. The van der Waals surface area contributed by atoms with E-state index >= 15 is 0 Å². The van der Waals surface area contributed by atoms with Crippen LogP contribution >= 0.6 is 11.6 Å². The van der Waals surface area contributed by atoms with Gasteiger partial charge in [-0.1, -0.05) is 17.7 Å². The predicted octanol–water partition coefficient (Wildman–Crippen LogP) is 4.64. The van der Waals surface area contributed by atoms with Gasteiger partial charge in [-0.3, -0.25) is 0 Å². The van der Waals surface area contributed by atoms with Gasteiger partial charge >= 0.3 is 0 Å². The minimum absolute atomic E-state index is 0.00513. The highest BCUT2D eigenvalue weighted by Crippen LogP contribution is 2.45. The van der Waals surface area contributed by atoms with E-state index in [0.717, 1.165) is 28.0 Å². The summed E-state index contributed by atoms with van der Waals surface area (Å²) < 4.78 is 12.0. The first-order valence-electron chi connectivity index (χ1n) is 8.67. The van der Waals surface area contributed by atoms with Crippen LogP contribution in [0, 0.1) is 0 Å². The molecule has 1 atom stereocenters. The highest BCUT2D eigenvalue weighted by molar-refractivity contribution is 6.29. The van der Waals surface area contributed by atoms with Gasteiger partial charge in [0.05, 0.1) is 18.3 Å². The molecule has 1 aromatic heterocycles. The third-order valence-electron chi connectivity index (χ3n) is 4.17. The first-order valence-corrected chi connectivity index (χ1v) is 9.05. The van der Waals surface area contributed by atoms with Crippen molar-refractivity contribution < 1.29 is 14.6 Å². The first-order chi connectivity index (χ1) is 11.9. The van der Waals surface area contributed by atoms with Gasteiger partial charge < -0.3 is 14.6 Å². The van der Waals surface area contributed by atoms with Crippen LogP contribution in [0.2, 0.25) is 5.15 Å². The summed E-state index contributed by atoms with van der Waals surface area (Å²) in [5, 5.41) is 11.2. The summed E-state index contributed by atoms with van der Waals surface area (Å²) in [7, 11) is 0. The number of hydrogen-bond donors (Lipinski definition) is 1. The van der Waals surface area contributed by atoms with Gasteiger partial charge in [0.1, 0.15) is 5.15 Å². The fourth-order valence-electron chi connectivity index (χ4n) is 3.28. The highest BCUT2D eigenvalue weighted by Gasteiger charge is 2.36.